The van der Waals surface area contributed by atoms with Crippen molar-refractivity contribution >= 4 is 46.0 Å². The maximum absolute atomic E-state index is 12.4. The number of nitro groups is 1. The summed E-state index contributed by atoms with van der Waals surface area (Å²) in [5.41, 5.74) is 5.31. The minimum Gasteiger partial charge on any atom is -0.309 e. The van der Waals surface area contributed by atoms with Crippen molar-refractivity contribution in [1.82, 2.24) is 9.88 Å². The molecule has 8 heteroatoms. The fourth-order valence-corrected chi connectivity index (χ4v) is 4.94. The Morgan fingerprint density at radius 3 is 2.09 bits per heavy atom. The van der Waals surface area contributed by atoms with Gasteiger partial charge in [-0.2, -0.15) is 0 Å². The van der Waals surface area contributed by atoms with Crippen LogP contribution in [0.25, 0.3) is 34.3 Å². The predicted octanol–water partition coefficient (Wildman–Crippen LogP) is 6.21. The van der Waals surface area contributed by atoms with Crippen molar-refractivity contribution in [1.29, 1.82) is 0 Å². The van der Waals surface area contributed by atoms with Gasteiger partial charge in [0, 0.05) is 23.4 Å². The van der Waals surface area contributed by atoms with Gasteiger partial charge in [-0.15, -0.1) is 0 Å². The Kier molecular flexibility index (Phi) is 5.83. The molecule has 0 bridgehead atoms. The van der Waals surface area contributed by atoms with Crippen molar-refractivity contribution in [3.63, 3.8) is 0 Å². The molecule has 2 heterocycles. The van der Waals surface area contributed by atoms with Gasteiger partial charge in [0.15, 0.2) is 0 Å². The van der Waals surface area contributed by atoms with Crippen LogP contribution in [-0.2, 0) is 4.79 Å². The highest BCUT2D eigenvalue weighted by Crippen LogP contribution is 2.39. The Hall–Kier alpha value is -4.01. The van der Waals surface area contributed by atoms with Crippen LogP contribution in [0, 0.1) is 10.1 Å². The molecule has 1 fully saturated rings. The summed E-state index contributed by atoms with van der Waals surface area (Å²) in [4.78, 5) is 23.7. The summed E-state index contributed by atoms with van der Waals surface area (Å²) in [6.45, 7) is 0. The Labute approximate surface area is 205 Å². The second-order valence-corrected chi connectivity index (χ2v) is 9.25. The molecule has 1 N–H and O–H groups in total. The molecule has 6 nitrogen and oxygen atoms in total. The molecule has 1 aliphatic heterocycles. The molecule has 0 radical (unpaired) electrons. The van der Waals surface area contributed by atoms with E-state index in [1.165, 1.54) is 23.9 Å². The summed E-state index contributed by atoms with van der Waals surface area (Å²) < 4.78 is 2.49. The number of thioether (sulfide) groups is 1. The SMILES string of the molecule is O=C1NC(=S)S/C1=C\c1cc(-c2ccccc2)n(-c2ccc([N+](=O)[O-])cc2)c1-c1ccccc1. The van der Waals surface area contributed by atoms with Crippen molar-refractivity contribution in [3.8, 4) is 28.2 Å². The van der Waals surface area contributed by atoms with Crippen LogP contribution in [0.4, 0.5) is 5.69 Å². The van der Waals surface area contributed by atoms with Crippen LogP contribution in [0.1, 0.15) is 5.56 Å². The highest BCUT2D eigenvalue weighted by atomic mass is 32.2. The maximum atomic E-state index is 12.4. The first kappa shape index (κ1) is 21.8. The molecule has 5 rings (SSSR count). The molecule has 0 spiro atoms. The van der Waals surface area contributed by atoms with Crippen LogP contribution < -0.4 is 5.32 Å². The molecule has 1 saturated heterocycles. The molecule has 0 saturated carbocycles. The minimum absolute atomic E-state index is 0.0216. The summed E-state index contributed by atoms with van der Waals surface area (Å²) in [6.07, 6.45) is 1.84. The van der Waals surface area contributed by atoms with Gasteiger partial charge in [0.05, 0.1) is 21.2 Å². The van der Waals surface area contributed by atoms with Crippen LogP contribution in [0.15, 0.2) is 95.9 Å². The lowest BCUT2D eigenvalue weighted by atomic mass is 10.1. The molecule has 0 atom stereocenters. The van der Waals surface area contributed by atoms with E-state index in [-0.39, 0.29) is 11.6 Å². The number of hydrogen-bond donors (Lipinski definition) is 1. The number of nitrogens with one attached hydrogen (secondary N) is 1. The van der Waals surface area contributed by atoms with Crippen molar-refractivity contribution in [2.45, 2.75) is 0 Å². The van der Waals surface area contributed by atoms with E-state index >= 15 is 0 Å². The molecular formula is C26H17N3O3S2. The summed E-state index contributed by atoms with van der Waals surface area (Å²) in [5.74, 6) is -0.224. The fraction of sp³-hybridized carbons (Fsp3) is 0. The Morgan fingerprint density at radius 1 is 0.912 bits per heavy atom. The van der Waals surface area contributed by atoms with E-state index in [9.17, 15) is 14.9 Å². The van der Waals surface area contributed by atoms with Crippen molar-refractivity contribution < 1.29 is 9.72 Å². The van der Waals surface area contributed by atoms with Crippen LogP contribution in [0.5, 0.6) is 0 Å². The third-order valence-corrected chi connectivity index (χ3v) is 6.56. The lowest BCUT2D eigenvalue weighted by molar-refractivity contribution is -0.384. The molecule has 0 aliphatic carbocycles. The second kappa shape index (κ2) is 9.09. The summed E-state index contributed by atoms with van der Waals surface area (Å²) in [5, 5.41) is 13.9. The van der Waals surface area contributed by atoms with Gasteiger partial charge in [-0.1, -0.05) is 84.6 Å². The van der Waals surface area contributed by atoms with Gasteiger partial charge in [0.2, 0.25) is 0 Å². The van der Waals surface area contributed by atoms with Crippen LogP contribution in [0.3, 0.4) is 0 Å². The lowest BCUT2D eigenvalue weighted by Gasteiger charge is -2.15. The van der Waals surface area contributed by atoms with Gasteiger partial charge < -0.3 is 9.88 Å². The number of benzene rings is 3. The number of aromatic nitrogens is 1. The van der Waals surface area contributed by atoms with Crippen molar-refractivity contribution in [2.24, 2.45) is 0 Å². The monoisotopic (exact) mass is 483 g/mol. The van der Waals surface area contributed by atoms with Gasteiger partial charge in [0.25, 0.3) is 11.6 Å². The smallest absolute Gasteiger partial charge is 0.269 e. The number of non-ortho nitro benzene ring substituents is 1. The predicted molar refractivity (Wildman–Crippen MR) is 140 cm³/mol. The van der Waals surface area contributed by atoms with Gasteiger partial charge in [-0.05, 0) is 35.4 Å². The van der Waals surface area contributed by atoms with E-state index in [0.717, 1.165) is 33.8 Å². The van der Waals surface area contributed by atoms with E-state index in [1.54, 1.807) is 12.1 Å². The minimum atomic E-state index is -0.412. The van der Waals surface area contributed by atoms with Gasteiger partial charge in [-0.25, -0.2) is 0 Å². The van der Waals surface area contributed by atoms with Crippen LogP contribution in [-0.4, -0.2) is 19.7 Å². The number of amides is 1. The quantitative estimate of drug-likeness (QED) is 0.158. The third kappa shape index (κ3) is 4.16. The molecule has 1 amide bonds. The molecule has 34 heavy (non-hydrogen) atoms. The lowest BCUT2D eigenvalue weighted by Crippen LogP contribution is -2.17. The van der Waals surface area contributed by atoms with E-state index in [4.69, 9.17) is 12.2 Å². The zero-order valence-electron chi connectivity index (χ0n) is 17.7. The number of hydrogen-bond acceptors (Lipinski definition) is 5. The Bertz CT molecular complexity index is 1440. The Morgan fingerprint density at radius 2 is 1.53 bits per heavy atom. The number of thiocarbonyl (C=S) groups is 1. The summed E-state index contributed by atoms with van der Waals surface area (Å²) in [7, 11) is 0. The van der Waals surface area contributed by atoms with Gasteiger partial charge >= 0.3 is 0 Å². The number of rotatable bonds is 5. The number of nitrogens with zero attached hydrogens (tertiary/aromatic N) is 2. The molecule has 1 aliphatic rings. The molecule has 0 unspecified atom stereocenters. The molecule has 1 aromatic heterocycles. The van der Waals surface area contributed by atoms with Crippen molar-refractivity contribution in [3.05, 3.63) is 112 Å². The van der Waals surface area contributed by atoms with E-state index in [0.29, 0.717) is 9.23 Å². The highest BCUT2D eigenvalue weighted by molar-refractivity contribution is 8.26. The zero-order chi connectivity index (χ0) is 23.7. The normalized spacial score (nSPS) is 14.4. The van der Waals surface area contributed by atoms with Gasteiger partial charge in [0.1, 0.15) is 4.32 Å². The average Bonchev–Trinajstić information content (AvgIpc) is 3.39. The largest absolute Gasteiger partial charge is 0.309 e. The second-order valence-electron chi connectivity index (χ2n) is 7.53. The number of carbonyl (C=O) groups excluding carboxylic acids is 1. The molecule has 3 aromatic carbocycles. The van der Waals surface area contributed by atoms with E-state index in [1.807, 2.05) is 72.8 Å². The average molecular weight is 484 g/mol. The topological polar surface area (TPSA) is 77.2 Å². The Balaban J connectivity index is 1.81. The number of carbonyl (C=O) groups is 1. The van der Waals surface area contributed by atoms with E-state index < -0.39 is 4.92 Å². The van der Waals surface area contributed by atoms with Crippen LogP contribution >= 0.6 is 24.0 Å². The van der Waals surface area contributed by atoms with E-state index in [2.05, 4.69) is 9.88 Å². The fourth-order valence-electron chi connectivity index (χ4n) is 3.91. The zero-order valence-corrected chi connectivity index (χ0v) is 19.3. The first-order valence-corrected chi connectivity index (χ1v) is 11.6. The number of nitro benzene ring substituents is 1. The summed E-state index contributed by atoms with van der Waals surface area (Å²) in [6, 6.07) is 28.2. The maximum Gasteiger partial charge on any atom is 0.269 e. The van der Waals surface area contributed by atoms with Crippen LogP contribution in [0.2, 0.25) is 0 Å². The molecule has 166 valence electrons. The standard InChI is InChI=1S/C26H17N3O3S2/c30-25-23(34-26(33)27-25)16-19-15-22(17-7-3-1-4-8-17)28(24(19)18-9-5-2-6-10-18)20-11-13-21(14-12-20)29(31)32/h1-16H,(H,27,30,33)/b23-16-. The first-order valence-electron chi connectivity index (χ1n) is 10.4. The first-order chi connectivity index (χ1) is 16.5. The molecular weight excluding hydrogens is 466 g/mol. The third-order valence-electron chi connectivity index (χ3n) is 5.39. The summed E-state index contributed by atoms with van der Waals surface area (Å²) >= 11 is 6.39. The molecule has 4 aromatic rings. The highest BCUT2D eigenvalue weighted by Gasteiger charge is 2.25. The van der Waals surface area contributed by atoms with Crippen molar-refractivity contribution in [2.75, 3.05) is 0 Å². The van der Waals surface area contributed by atoms with Gasteiger partial charge in [-0.3, -0.25) is 14.9 Å².